The van der Waals surface area contributed by atoms with E-state index in [9.17, 15) is 8.42 Å². The van der Waals surface area contributed by atoms with Gasteiger partial charge in [-0.15, -0.1) is 11.3 Å². The van der Waals surface area contributed by atoms with Crippen LogP contribution in [0.2, 0.25) is 0 Å². The van der Waals surface area contributed by atoms with Crippen molar-refractivity contribution in [1.82, 2.24) is 4.72 Å². The van der Waals surface area contributed by atoms with E-state index in [-0.39, 0.29) is 6.04 Å². The van der Waals surface area contributed by atoms with Crippen LogP contribution in [0.4, 0.5) is 0 Å². The smallest absolute Gasteiger partial charge is 0.207 e. The zero-order valence-electron chi connectivity index (χ0n) is 10.6. The predicted octanol–water partition coefficient (Wildman–Crippen LogP) is 3.68. The van der Waals surface area contributed by atoms with Gasteiger partial charge in [0.1, 0.15) is 4.21 Å². The highest BCUT2D eigenvalue weighted by molar-refractivity contribution is 9.11. The Balaban J connectivity index is 2.11. The molecule has 0 radical (unpaired) electrons. The lowest BCUT2D eigenvalue weighted by Crippen LogP contribution is -2.36. The van der Waals surface area contributed by atoms with Crippen LogP contribution >= 0.6 is 27.3 Å². The van der Waals surface area contributed by atoms with E-state index in [0.29, 0.717) is 10.1 Å². The first-order chi connectivity index (χ1) is 8.40. The maximum atomic E-state index is 12.2. The van der Waals surface area contributed by atoms with Crippen molar-refractivity contribution in [3.63, 3.8) is 0 Å². The summed E-state index contributed by atoms with van der Waals surface area (Å²) in [5.41, 5.74) is 0.967. The number of rotatable bonds is 4. The van der Waals surface area contributed by atoms with Gasteiger partial charge in [0.15, 0.2) is 0 Å². The standard InChI is InChI=1S/C12H18BrNO2S2/c1-8-7-11(17-12(8)13)18(15,16)14-9(2)10-5-3-4-6-10/h7,9-10,14H,3-6H2,1-2H3. The van der Waals surface area contributed by atoms with E-state index in [4.69, 9.17) is 0 Å². The van der Waals surface area contributed by atoms with E-state index >= 15 is 0 Å². The van der Waals surface area contributed by atoms with E-state index in [0.717, 1.165) is 22.2 Å². The fourth-order valence-corrected chi connectivity index (χ4v) is 5.98. The lowest BCUT2D eigenvalue weighted by Gasteiger charge is -2.19. The Morgan fingerprint density at radius 1 is 1.44 bits per heavy atom. The summed E-state index contributed by atoms with van der Waals surface area (Å²) in [4.78, 5) is 0. The first-order valence-electron chi connectivity index (χ1n) is 6.18. The van der Waals surface area contributed by atoms with Crippen LogP contribution in [0.5, 0.6) is 0 Å². The second-order valence-corrected chi connectivity index (χ2v) is 9.29. The maximum absolute atomic E-state index is 12.2. The summed E-state index contributed by atoms with van der Waals surface area (Å²) in [5.74, 6) is 0.490. The van der Waals surface area contributed by atoms with E-state index in [1.165, 1.54) is 24.2 Å². The minimum Gasteiger partial charge on any atom is -0.207 e. The molecule has 2 rings (SSSR count). The summed E-state index contributed by atoms with van der Waals surface area (Å²) in [7, 11) is -3.36. The Hall–Kier alpha value is 0.0900. The van der Waals surface area contributed by atoms with Gasteiger partial charge in [0, 0.05) is 6.04 Å². The first kappa shape index (κ1) is 14.5. The molecule has 1 N–H and O–H groups in total. The van der Waals surface area contributed by atoms with Gasteiger partial charge in [-0.05, 0) is 60.2 Å². The van der Waals surface area contributed by atoms with Crippen LogP contribution in [0.25, 0.3) is 0 Å². The molecule has 0 saturated heterocycles. The first-order valence-corrected chi connectivity index (χ1v) is 9.27. The van der Waals surface area contributed by atoms with Crippen LogP contribution in [0, 0.1) is 12.8 Å². The number of thiophene rings is 1. The zero-order valence-corrected chi connectivity index (χ0v) is 13.8. The average Bonchev–Trinajstić information content (AvgIpc) is 2.89. The fraction of sp³-hybridized carbons (Fsp3) is 0.667. The number of hydrogen-bond donors (Lipinski definition) is 1. The van der Waals surface area contributed by atoms with Crippen molar-refractivity contribution >= 4 is 37.3 Å². The molecule has 0 aromatic carbocycles. The van der Waals surface area contributed by atoms with Crippen molar-refractivity contribution < 1.29 is 8.42 Å². The summed E-state index contributed by atoms with van der Waals surface area (Å²) in [5, 5.41) is 0. The van der Waals surface area contributed by atoms with Crippen molar-refractivity contribution in [1.29, 1.82) is 0 Å². The van der Waals surface area contributed by atoms with Crippen molar-refractivity contribution in [2.24, 2.45) is 5.92 Å². The molecule has 0 bridgehead atoms. The van der Waals surface area contributed by atoms with Crippen LogP contribution in [-0.2, 0) is 10.0 Å². The highest BCUT2D eigenvalue weighted by Gasteiger charge is 2.27. The van der Waals surface area contributed by atoms with Gasteiger partial charge in [-0.25, -0.2) is 13.1 Å². The number of hydrogen-bond acceptors (Lipinski definition) is 3. The van der Waals surface area contributed by atoms with Crippen LogP contribution in [0.3, 0.4) is 0 Å². The van der Waals surface area contributed by atoms with Crippen molar-refractivity contribution in [3.8, 4) is 0 Å². The number of sulfonamides is 1. The summed E-state index contributed by atoms with van der Waals surface area (Å²) in [6.45, 7) is 3.88. The van der Waals surface area contributed by atoms with Gasteiger partial charge in [-0.1, -0.05) is 12.8 Å². The van der Waals surface area contributed by atoms with Crippen molar-refractivity contribution in [2.45, 2.75) is 49.8 Å². The molecule has 0 aliphatic heterocycles. The van der Waals surface area contributed by atoms with E-state index < -0.39 is 10.0 Å². The molecule has 1 atom stereocenters. The molecule has 18 heavy (non-hydrogen) atoms. The fourth-order valence-electron chi connectivity index (χ4n) is 2.42. The van der Waals surface area contributed by atoms with Gasteiger partial charge in [0.25, 0.3) is 0 Å². The second kappa shape index (κ2) is 5.61. The highest BCUT2D eigenvalue weighted by Crippen LogP contribution is 2.32. The lowest BCUT2D eigenvalue weighted by molar-refractivity contribution is 0.424. The largest absolute Gasteiger partial charge is 0.250 e. The Bertz CT molecular complexity index is 499. The summed E-state index contributed by atoms with van der Waals surface area (Å²) in [6.07, 6.45) is 4.72. The van der Waals surface area contributed by atoms with Gasteiger partial charge in [-0.2, -0.15) is 0 Å². The second-order valence-electron chi connectivity index (χ2n) is 4.98. The summed E-state index contributed by atoms with van der Waals surface area (Å²) >= 11 is 4.64. The maximum Gasteiger partial charge on any atom is 0.250 e. The zero-order chi connectivity index (χ0) is 13.3. The number of nitrogens with one attached hydrogen (secondary N) is 1. The predicted molar refractivity (Wildman–Crippen MR) is 78.5 cm³/mol. The molecule has 1 aromatic heterocycles. The molecule has 1 fully saturated rings. The summed E-state index contributed by atoms with van der Waals surface area (Å²) < 4.78 is 28.6. The third kappa shape index (κ3) is 3.15. The Kier molecular flexibility index (Phi) is 4.52. The van der Waals surface area contributed by atoms with Gasteiger partial charge in [-0.3, -0.25) is 0 Å². The lowest BCUT2D eigenvalue weighted by atomic mass is 10.0. The van der Waals surface area contributed by atoms with Gasteiger partial charge >= 0.3 is 0 Å². The molecule has 6 heteroatoms. The van der Waals surface area contributed by atoms with Crippen LogP contribution in [0.15, 0.2) is 14.1 Å². The molecular formula is C12H18BrNO2S2. The number of aryl methyl sites for hydroxylation is 1. The van der Waals surface area contributed by atoms with E-state index in [1.807, 2.05) is 13.8 Å². The quantitative estimate of drug-likeness (QED) is 0.899. The SMILES string of the molecule is Cc1cc(S(=O)(=O)NC(C)C2CCCC2)sc1Br. The average molecular weight is 352 g/mol. The Morgan fingerprint density at radius 3 is 2.56 bits per heavy atom. The third-order valence-corrected chi connectivity index (χ3v) is 7.72. The van der Waals surface area contributed by atoms with Crippen LogP contribution < -0.4 is 4.72 Å². The monoisotopic (exact) mass is 351 g/mol. The van der Waals surface area contributed by atoms with Crippen molar-refractivity contribution in [3.05, 3.63) is 15.4 Å². The molecule has 1 saturated carbocycles. The molecule has 1 heterocycles. The highest BCUT2D eigenvalue weighted by atomic mass is 79.9. The Morgan fingerprint density at radius 2 is 2.06 bits per heavy atom. The normalized spacial score (nSPS) is 19.3. The molecule has 0 amide bonds. The molecule has 0 spiro atoms. The van der Waals surface area contributed by atoms with Crippen molar-refractivity contribution in [2.75, 3.05) is 0 Å². The molecule has 1 aliphatic carbocycles. The van der Waals surface area contributed by atoms with Gasteiger partial charge in [0.05, 0.1) is 3.79 Å². The molecule has 3 nitrogen and oxygen atoms in total. The minimum absolute atomic E-state index is 0.0266. The molecular weight excluding hydrogens is 334 g/mol. The topological polar surface area (TPSA) is 46.2 Å². The molecule has 1 aromatic rings. The molecule has 1 aliphatic rings. The Labute approximate surface area is 121 Å². The van der Waals surface area contributed by atoms with Crippen LogP contribution in [0.1, 0.15) is 38.2 Å². The molecule has 102 valence electrons. The minimum atomic E-state index is -3.36. The van der Waals surface area contributed by atoms with Gasteiger partial charge in [0.2, 0.25) is 10.0 Å². The van der Waals surface area contributed by atoms with Gasteiger partial charge < -0.3 is 0 Å². The number of halogens is 1. The van der Waals surface area contributed by atoms with E-state index in [2.05, 4.69) is 20.7 Å². The van der Waals surface area contributed by atoms with E-state index in [1.54, 1.807) is 6.07 Å². The summed E-state index contributed by atoms with van der Waals surface area (Å²) in [6, 6.07) is 1.75. The van der Waals surface area contributed by atoms with Crippen LogP contribution in [-0.4, -0.2) is 14.5 Å². The third-order valence-electron chi connectivity index (χ3n) is 3.55. The molecule has 1 unspecified atom stereocenters.